The Kier molecular flexibility index (Phi) is 3.63. The largest absolute Gasteiger partial charge is 0.294 e. The van der Waals surface area contributed by atoms with Crippen LogP contribution in [0.5, 0.6) is 0 Å². The molecule has 0 amide bonds. The molecule has 2 nitrogen and oxygen atoms in total. The fourth-order valence-electron chi connectivity index (χ4n) is 2.04. The molecule has 0 bridgehead atoms. The number of benzene rings is 1. The molecule has 1 aromatic carbocycles. The summed E-state index contributed by atoms with van der Waals surface area (Å²) in [6.07, 6.45) is 0. The fourth-order valence-corrected chi connectivity index (χ4v) is 2.04. The van der Waals surface area contributed by atoms with Crippen LogP contribution in [-0.2, 0) is 0 Å². The van der Waals surface area contributed by atoms with E-state index >= 15 is 0 Å². The standard InChI is InChI=1S/C14H18O2/c1-8(2)12-7-6-9(3)13(10(4)15)14(12)11(5)16/h6-8H,1-5H3. The van der Waals surface area contributed by atoms with Crippen molar-refractivity contribution in [1.82, 2.24) is 0 Å². The molecule has 0 spiro atoms. The van der Waals surface area contributed by atoms with E-state index in [2.05, 4.69) is 0 Å². The summed E-state index contributed by atoms with van der Waals surface area (Å²) in [6.45, 7) is 8.96. The molecule has 16 heavy (non-hydrogen) atoms. The van der Waals surface area contributed by atoms with E-state index in [1.807, 2.05) is 32.9 Å². The third-order valence-electron chi connectivity index (χ3n) is 2.77. The maximum atomic E-state index is 11.7. The predicted octanol–water partition coefficient (Wildman–Crippen LogP) is 3.52. The van der Waals surface area contributed by atoms with E-state index in [1.165, 1.54) is 13.8 Å². The lowest BCUT2D eigenvalue weighted by molar-refractivity contribution is 0.0979. The van der Waals surface area contributed by atoms with Crippen molar-refractivity contribution in [3.05, 3.63) is 34.4 Å². The lowest BCUT2D eigenvalue weighted by atomic mass is 9.87. The molecule has 1 rings (SSSR count). The summed E-state index contributed by atoms with van der Waals surface area (Å²) in [5, 5.41) is 0. The molecule has 0 saturated heterocycles. The minimum Gasteiger partial charge on any atom is -0.294 e. The minimum absolute atomic E-state index is 0.0300. The molecule has 0 fully saturated rings. The van der Waals surface area contributed by atoms with Gasteiger partial charge < -0.3 is 0 Å². The number of aryl methyl sites for hydroxylation is 1. The molecular weight excluding hydrogens is 200 g/mol. The molecule has 0 unspecified atom stereocenters. The van der Waals surface area contributed by atoms with Crippen LogP contribution in [-0.4, -0.2) is 11.6 Å². The van der Waals surface area contributed by atoms with Crippen molar-refractivity contribution in [2.75, 3.05) is 0 Å². The van der Waals surface area contributed by atoms with E-state index in [-0.39, 0.29) is 17.5 Å². The zero-order valence-corrected chi connectivity index (χ0v) is 10.5. The zero-order chi connectivity index (χ0) is 12.5. The van der Waals surface area contributed by atoms with Crippen molar-refractivity contribution in [2.45, 2.75) is 40.5 Å². The average Bonchev–Trinajstić information content (AvgIpc) is 2.15. The molecule has 86 valence electrons. The number of carbonyl (C=O) groups excluding carboxylic acids is 2. The Morgan fingerprint density at radius 3 is 1.88 bits per heavy atom. The first-order chi connectivity index (χ1) is 7.36. The van der Waals surface area contributed by atoms with Crippen molar-refractivity contribution in [2.24, 2.45) is 0 Å². The Morgan fingerprint density at radius 1 is 1.00 bits per heavy atom. The molecule has 0 aliphatic rings. The van der Waals surface area contributed by atoms with Gasteiger partial charge in [-0.15, -0.1) is 0 Å². The van der Waals surface area contributed by atoms with Gasteiger partial charge in [0.25, 0.3) is 0 Å². The molecular formula is C14H18O2. The van der Waals surface area contributed by atoms with E-state index in [0.29, 0.717) is 11.1 Å². The van der Waals surface area contributed by atoms with Crippen LogP contribution in [0.3, 0.4) is 0 Å². The first kappa shape index (κ1) is 12.6. The highest BCUT2D eigenvalue weighted by molar-refractivity contribution is 6.09. The lowest BCUT2D eigenvalue weighted by Crippen LogP contribution is -2.11. The van der Waals surface area contributed by atoms with Crippen molar-refractivity contribution < 1.29 is 9.59 Å². The Morgan fingerprint density at radius 2 is 1.50 bits per heavy atom. The number of ketones is 2. The second-order valence-corrected chi connectivity index (χ2v) is 4.49. The number of carbonyl (C=O) groups is 2. The third-order valence-corrected chi connectivity index (χ3v) is 2.77. The van der Waals surface area contributed by atoms with E-state index < -0.39 is 0 Å². The highest BCUT2D eigenvalue weighted by Crippen LogP contribution is 2.26. The van der Waals surface area contributed by atoms with E-state index in [1.54, 1.807) is 0 Å². The van der Waals surface area contributed by atoms with E-state index in [4.69, 9.17) is 0 Å². The summed E-state index contributed by atoms with van der Waals surface area (Å²) in [5.41, 5.74) is 3.02. The lowest BCUT2D eigenvalue weighted by Gasteiger charge is -2.15. The number of hydrogen-bond donors (Lipinski definition) is 0. The minimum atomic E-state index is -0.0369. The van der Waals surface area contributed by atoms with Crippen molar-refractivity contribution in [3.63, 3.8) is 0 Å². The third kappa shape index (κ3) is 2.21. The highest BCUT2D eigenvalue weighted by atomic mass is 16.1. The average molecular weight is 218 g/mol. The Labute approximate surface area is 96.7 Å². The van der Waals surface area contributed by atoms with Crippen LogP contribution in [0.25, 0.3) is 0 Å². The second-order valence-electron chi connectivity index (χ2n) is 4.49. The molecule has 0 atom stereocenters. The maximum absolute atomic E-state index is 11.7. The first-order valence-electron chi connectivity index (χ1n) is 5.51. The smallest absolute Gasteiger partial charge is 0.160 e. The van der Waals surface area contributed by atoms with Gasteiger partial charge in [0.05, 0.1) is 0 Å². The molecule has 1 aromatic rings. The molecule has 0 N–H and O–H groups in total. The van der Waals surface area contributed by atoms with Gasteiger partial charge in [-0.2, -0.15) is 0 Å². The van der Waals surface area contributed by atoms with Gasteiger partial charge in [-0.05, 0) is 37.8 Å². The van der Waals surface area contributed by atoms with E-state index in [9.17, 15) is 9.59 Å². The van der Waals surface area contributed by atoms with Gasteiger partial charge in [-0.1, -0.05) is 26.0 Å². The Hall–Kier alpha value is -1.44. The Balaban J connectivity index is 3.63. The number of Topliss-reactive ketones (excluding diaryl/α,β-unsaturated/α-hetero) is 2. The van der Waals surface area contributed by atoms with Crippen LogP contribution in [0.1, 0.15) is 65.5 Å². The number of rotatable bonds is 3. The fraction of sp³-hybridized carbons (Fsp3) is 0.429. The van der Waals surface area contributed by atoms with Crippen LogP contribution in [0.15, 0.2) is 12.1 Å². The summed E-state index contributed by atoms with van der Waals surface area (Å²) in [4.78, 5) is 23.3. The normalized spacial score (nSPS) is 10.6. The summed E-state index contributed by atoms with van der Waals surface area (Å²) >= 11 is 0. The first-order valence-corrected chi connectivity index (χ1v) is 5.51. The molecule has 0 saturated carbocycles. The molecule has 0 heterocycles. The van der Waals surface area contributed by atoms with Gasteiger partial charge in [0.15, 0.2) is 11.6 Å². The summed E-state index contributed by atoms with van der Waals surface area (Å²) in [5.74, 6) is 0.181. The van der Waals surface area contributed by atoms with Crippen LogP contribution in [0.2, 0.25) is 0 Å². The van der Waals surface area contributed by atoms with Crippen LogP contribution < -0.4 is 0 Å². The SMILES string of the molecule is CC(=O)c1c(C)ccc(C(C)C)c1C(C)=O. The topological polar surface area (TPSA) is 34.1 Å². The van der Waals surface area contributed by atoms with Crippen LogP contribution in [0.4, 0.5) is 0 Å². The van der Waals surface area contributed by atoms with Gasteiger partial charge in [-0.25, -0.2) is 0 Å². The van der Waals surface area contributed by atoms with Crippen LogP contribution in [0, 0.1) is 6.92 Å². The molecule has 0 aliphatic heterocycles. The number of hydrogen-bond acceptors (Lipinski definition) is 2. The van der Waals surface area contributed by atoms with Gasteiger partial charge >= 0.3 is 0 Å². The van der Waals surface area contributed by atoms with Gasteiger partial charge in [0.1, 0.15) is 0 Å². The maximum Gasteiger partial charge on any atom is 0.160 e. The predicted molar refractivity (Wildman–Crippen MR) is 65.3 cm³/mol. The highest BCUT2D eigenvalue weighted by Gasteiger charge is 2.19. The quantitative estimate of drug-likeness (QED) is 0.727. The van der Waals surface area contributed by atoms with Gasteiger partial charge in [-0.3, -0.25) is 9.59 Å². The summed E-state index contributed by atoms with van der Waals surface area (Å²) < 4.78 is 0. The summed E-state index contributed by atoms with van der Waals surface area (Å²) in [6, 6.07) is 3.86. The van der Waals surface area contributed by atoms with Crippen molar-refractivity contribution in [3.8, 4) is 0 Å². The monoisotopic (exact) mass is 218 g/mol. The van der Waals surface area contributed by atoms with Crippen molar-refractivity contribution >= 4 is 11.6 Å². The molecule has 2 heteroatoms. The van der Waals surface area contributed by atoms with Crippen molar-refractivity contribution in [1.29, 1.82) is 0 Å². The van der Waals surface area contributed by atoms with Gasteiger partial charge in [0, 0.05) is 11.1 Å². The Bertz CT molecular complexity index is 442. The van der Waals surface area contributed by atoms with E-state index in [0.717, 1.165) is 11.1 Å². The second kappa shape index (κ2) is 4.60. The molecule has 0 radical (unpaired) electrons. The molecule has 0 aromatic heterocycles. The van der Waals surface area contributed by atoms with Crippen LogP contribution >= 0.6 is 0 Å². The zero-order valence-electron chi connectivity index (χ0n) is 10.5. The summed E-state index contributed by atoms with van der Waals surface area (Å²) in [7, 11) is 0. The molecule has 0 aliphatic carbocycles. The van der Waals surface area contributed by atoms with Gasteiger partial charge in [0.2, 0.25) is 0 Å².